The van der Waals surface area contributed by atoms with Crippen LogP contribution in [0.1, 0.15) is 5.82 Å². The predicted octanol–water partition coefficient (Wildman–Crippen LogP) is 5.98. The van der Waals surface area contributed by atoms with E-state index < -0.39 is 0 Å². The number of rotatable bonds is 7. The van der Waals surface area contributed by atoms with E-state index in [1.807, 2.05) is 54.9 Å². The minimum absolute atomic E-state index is 0.556. The van der Waals surface area contributed by atoms with Crippen molar-refractivity contribution in [1.29, 1.82) is 0 Å². The topological polar surface area (TPSA) is 63.3 Å². The Balaban J connectivity index is 1.62. The average molecular weight is 437 g/mol. The summed E-state index contributed by atoms with van der Waals surface area (Å²) in [7, 11) is 3.31. The summed E-state index contributed by atoms with van der Waals surface area (Å²) in [5.74, 6) is 2.30. The van der Waals surface area contributed by atoms with Gasteiger partial charge in [0.05, 0.1) is 26.3 Å². The van der Waals surface area contributed by atoms with Crippen molar-refractivity contribution in [3.63, 3.8) is 0 Å². The Morgan fingerprint density at radius 2 is 1.58 bits per heavy atom. The Morgan fingerprint density at radius 3 is 2.27 bits per heavy atom. The molecule has 0 bridgehead atoms. The number of aromatic nitrogens is 3. The third kappa shape index (κ3) is 4.36. The molecule has 0 saturated carbocycles. The molecule has 33 heavy (non-hydrogen) atoms. The van der Waals surface area contributed by atoms with Gasteiger partial charge >= 0.3 is 0 Å². The molecule has 6 heteroatoms. The fourth-order valence-corrected chi connectivity index (χ4v) is 3.89. The Kier molecular flexibility index (Phi) is 5.64. The zero-order valence-corrected chi connectivity index (χ0v) is 18.5. The van der Waals surface area contributed by atoms with Gasteiger partial charge in [0, 0.05) is 59.1 Å². The molecule has 0 aliphatic rings. The largest absolute Gasteiger partial charge is 0.497 e. The smallest absolute Gasteiger partial charge is 0.126 e. The standard InChI is InChI=1S/C27H24N4O2/c1-32-24-14-23(15-25(16-24)33-2)31(18-27-28-10-11-29-27)22-8-9-26-20(13-22)12-21(17-30-26)19-6-4-3-5-7-19/h3-17H,18H2,1-2H3,(H,28,29). The maximum absolute atomic E-state index is 5.51. The number of nitrogens with zero attached hydrogens (tertiary/aromatic N) is 3. The van der Waals surface area contributed by atoms with Crippen molar-refractivity contribution < 1.29 is 9.47 Å². The van der Waals surface area contributed by atoms with E-state index in [9.17, 15) is 0 Å². The summed E-state index contributed by atoms with van der Waals surface area (Å²) in [5, 5.41) is 1.06. The van der Waals surface area contributed by atoms with Gasteiger partial charge in [-0.05, 0) is 29.8 Å². The summed E-state index contributed by atoms with van der Waals surface area (Å²) in [6, 6.07) is 24.6. The van der Waals surface area contributed by atoms with Crippen LogP contribution in [0.15, 0.2) is 91.4 Å². The second kappa shape index (κ2) is 9.04. The van der Waals surface area contributed by atoms with Gasteiger partial charge < -0.3 is 19.4 Å². The summed E-state index contributed by atoms with van der Waals surface area (Å²) in [6.45, 7) is 0.556. The third-order valence-corrected chi connectivity index (χ3v) is 5.59. The number of hydrogen-bond acceptors (Lipinski definition) is 5. The number of benzene rings is 3. The molecular formula is C27H24N4O2. The van der Waals surface area contributed by atoms with E-state index in [0.29, 0.717) is 6.54 Å². The monoisotopic (exact) mass is 436 g/mol. The zero-order chi connectivity index (χ0) is 22.6. The lowest BCUT2D eigenvalue weighted by Gasteiger charge is -2.25. The number of methoxy groups -OCH3 is 2. The minimum atomic E-state index is 0.556. The molecule has 5 aromatic rings. The number of anilines is 2. The number of nitrogens with one attached hydrogen (secondary N) is 1. The molecule has 0 atom stereocenters. The minimum Gasteiger partial charge on any atom is -0.497 e. The van der Waals surface area contributed by atoms with Crippen molar-refractivity contribution in [1.82, 2.24) is 15.0 Å². The molecule has 5 rings (SSSR count). The lowest BCUT2D eigenvalue weighted by molar-refractivity contribution is 0.394. The molecule has 164 valence electrons. The number of imidazole rings is 1. The summed E-state index contributed by atoms with van der Waals surface area (Å²) in [6.07, 6.45) is 5.51. The predicted molar refractivity (Wildman–Crippen MR) is 131 cm³/mol. The SMILES string of the molecule is COc1cc(OC)cc(N(Cc2ncc[nH]2)c2ccc3ncc(-c4ccccc4)cc3c2)c1. The molecule has 0 radical (unpaired) electrons. The molecule has 0 unspecified atom stereocenters. The molecule has 2 aromatic heterocycles. The Morgan fingerprint density at radius 1 is 0.788 bits per heavy atom. The Bertz CT molecular complexity index is 1350. The second-order valence-corrected chi connectivity index (χ2v) is 7.66. The second-order valence-electron chi connectivity index (χ2n) is 7.66. The molecule has 2 heterocycles. The average Bonchev–Trinajstić information content (AvgIpc) is 3.40. The van der Waals surface area contributed by atoms with Crippen LogP contribution in [0, 0.1) is 0 Å². The first-order valence-electron chi connectivity index (χ1n) is 10.7. The lowest BCUT2D eigenvalue weighted by Crippen LogP contribution is -2.17. The van der Waals surface area contributed by atoms with Gasteiger partial charge in [0.1, 0.15) is 17.3 Å². The van der Waals surface area contributed by atoms with Crippen LogP contribution < -0.4 is 14.4 Å². The van der Waals surface area contributed by atoms with Crippen LogP contribution in [0.2, 0.25) is 0 Å². The van der Waals surface area contributed by atoms with E-state index >= 15 is 0 Å². The van der Waals surface area contributed by atoms with E-state index in [1.54, 1.807) is 20.4 Å². The van der Waals surface area contributed by atoms with Gasteiger partial charge in [-0.25, -0.2) is 4.98 Å². The van der Waals surface area contributed by atoms with Gasteiger partial charge in [0.15, 0.2) is 0 Å². The maximum Gasteiger partial charge on any atom is 0.126 e. The summed E-state index contributed by atoms with van der Waals surface area (Å²) in [4.78, 5) is 14.5. The molecule has 0 saturated heterocycles. The molecule has 0 amide bonds. The molecule has 0 aliphatic heterocycles. The van der Waals surface area contributed by atoms with Crippen molar-refractivity contribution in [2.75, 3.05) is 19.1 Å². The highest BCUT2D eigenvalue weighted by Crippen LogP contribution is 2.35. The molecule has 3 aromatic carbocycles. The lowest BCUT2D eigenvalue weighted by atomic mass is 10.0. The number of H-pyrrole nitrogens is 1. The summed E-state index contributed by atoms with van der Waals surface area (Å²) < 4.78 is 11.0. The van der Waals surface area contributed by atoms with E-state index in [0.717, 1.165) is 50.7 Å². The maximum atomic E-state index is 5.51. The first-order chi connectivity index (χ1) is 16.2. The Labute approximate surface area is 192 Å². The summed E-state index contributed by atoms with van der Waals surface area (Å²) >= 11 is 0. The van der Waals surface area contributed by atoms with Crippen LogP contribution in [0.4, 0.5) is 11.4 Å². The van der Waals surface area contributed by atoms with Crippen LogP contribution in [0.3, 0.4) is 0 Å². The highest BCUT2D eigenvalue weighted by Gasteiger charge is 2.15. The highest BCUT2D eigenvalue weighted by molar-refractivity contribution is 5.87. The highest BCUT2D eigenvalue weighted by atomic mass is 16.5. The number of fused-ring (bicyclic) bond motifs is 1. The van der Waals surface area contributed by atoms with Gasteiger partial charge in [-0.1, -0.05) is 30.3 Å². The molecular weight excluding hydrogens is 412 g/mol. The first kappa shape index (κ1) is 20.6. The van der Waals surface area contributed by atoms with Gasteiger partial charge in [0.2, 0.25) is 0 Å². The number of ether oxygens (including phenoxy) is 2. The quantitative estimate of drug-likeness (QED) is 0.340. The fourth-order valence-electron chi connectivity index (χ4n) is 3.89. The zero-order valence-electron chi connectivity index (χ0n) is 18.5. The van der Waals surface area contributed by atoms with Crippen molar-refractivity contribution in [3.8, 4) is 22.6 Å². The molecule has 0 fully saturated rings. The van der Waals surface area contributed by atoms with Crippen molar-refractivity contribution in [2.45, 2.75) is 6.54 Å². The number of pyridine rings is 1. The molecule has 0 spiro atoms. The number of hydrogen-bond donors (Lipinski definition) is 1. The molecule has 0 aliphatic carbocycles. The van der Waals surface area contributed by atoms with Gasteiger partial charge in [-0.15, -0.1) is 0 Å². The van der Waals surface area contributed by atoms with Crippen molar-refractivity contribution >= 4 is 22.3 Å². The summed E-state index contributed by atoms with van der Waals surface area (Å²) in [5.41, 5.74) is 5.12. The fraction of sp³-hybridized carbons (Fsp3) is 0.111. The molecule has 6 nitrogen and oxygen atoms in total. The normalized spacial score (nSPS) is 10.8. The van der Waals surface area contributed by atoms with E-state index in [4.69, 9.17) is 9.47 Å². The number of aromatic amines is 1. The van der Waals surface area contributed by atoms with Crippen LogP contribution in [0.5, 0.6) is 11.5 Å². The third-order valence-electron chi connectivity index (χ3n) is 5.59. The van der Waals surface area contributed by atoms with E-state index in [-0.39, 0.29) is 0 Å². The van der Waals surface area contributed by atoms with Crippen LogP contribution in [0.25, 0.3) is 22.0 Å². The van der Waals surface area contributed by atoms with Crippen LogP contribution >= 0.6 is 0 Å². The van der Waals surface area contributed by atoms with E-state index in [1.165, 1.54) is 0 Å². The molecule has 1 N–H and O–H groups in total. The van der Waals surface area contributed by atoms with Gasteiger partial charge in [-0.2, -0.15) is 0 Å². The first-order valence-corrected chi connectivity index (χ1v) is 10.7. The van der Waals surface area contributed by atoms with Gasteiger partial charge in [-0.3, -0.25) is 4.98 Å². The van der Waals surface area contributed by atoms with Crippen LogP contribution in [-0.2, 0) is 6.54 Å². The Hall–Kier alpha value is -4.32. The van der Waals surface area contributed by atoms with Crippen molar-refractivity contribution in [3.05, 3.63) is 97.2 Å². The van der Waals surface area contributed by atoms with Gasteiger partial charge in [0.25, 0.3) is 0 Å². The van der Waals surface area contributed by atoms with Crippen LogP contribution in [-0.4, -0.2) is 29.2 Å². The van der Waals surface area contributed by atoms with Crippen molar-refractivity contribution in [2.24, 2.45) is 0 Å². The van der Waals surface area contributed by atoms with E-state index in [2.05, 4.69) is 50.2 Å².